The molecule has 188 valence electrons. The van der Waals surface area contributed by atoms with Gasteiger partial charge in [-0.05, 0) is 0 Å². The predicted molar refractivity (Wildman–Crippen MR) is 117 cm³/mol. The van der Waals surface area contributed by atoms with E-state index in [0.717, 1.165) is 0 Å². The molecular weight excluding hydrogens is 590 g/mol. The van der Waals surface area contributed by atoms with Gasteiger partial charge in [-0.2, -0.15) is 0 Å². The summed E-state index contributed by atoms with van der Waals surface area (Å²) in [5.74, 6) is 0. The number of azo groups is 1. The van der Waals surface area contributed by atoms with Crippen LogP contribution in [0.4, 0.5) is 45.5 Å². The van der Waals surface area contributed by atoms with Gasteiger partial charge in [-0.15, -0.1) is 10.2 Å². The fraction of sp³-hybridized carbons (Fsp3) is 0. The van der Waals surface area contributed by atoms with Crippen LogP contribution in [-0.2, 0) is 0 Å². The molecule has 2 rings (SSSR count). The monoisotopic (exact) mass is 588 g/mol. The molecule has 0 amide bonds. The van der Waals surface area contributed by atoms with Gasteiger partial charge in [0.25, 0.3) is 0 Å². The molecule has 0 atom stereocenters. The fourth-order valence-corrected chi connectivity index (χ4v) is 3.52. The zero-order chi connectivity index (χ0) is 27.8. The number of nitro groups is 6. The number of benzene rings is 2. The van der Waals surface area contributed by atoms with Crippen LogP contribution >= 0.6 is 46.4 Å². The second-order valence-corrected chi connectivity index (χ2v) is 7.30. The van der Waals surface area contributed by atoms with Crippen molar-refractivity contribution in [2.24, 2.45) is 10.2 Å². The second kappa shape index (κ2) is 10.1. The lowest BCUT2D eigenvalue weighted by Gasteiger charge is -2.06. The Morgan fingerprint density at radius 2 is 0.611 bits per heavy atom. The van der Waals surface area contributed by atoms with E-state index in [1.54, 1.807) is 0 Å². The predicted octanol–water partition coefficient (Wildman–Crippen LogP) is 6.16. The molecule has 0 fully saturated rings. The molecule has 0 N–H and O–H groups in total. The minimum absolute atomic E-state index is 1.16. The van der Waals surface area contributed by atoms with Crippen LogP contribution < -0.4 is 0 Å². The SMILES string of the molecule is O=[N+]([O-])c1c(Cl)c(Cl)c(N=Nc2c(Cl)c(Cl)c([N+](=O)[O-])c([N+](=O)[O-])c2[N+](=O)[O-])c([N+](=O)[O-])c1[N+](=O)[O-]. The Balaban J connectivity index is 3.11. The van der Waals surface area contributed by atoms with Gasteiger partial charge >= 0.3 is 34.1 Å². The summed E-state index contributed by atoms with van der Waals surface area (Å²) in [7, 11) is 0. The van der Waals surface area contributed by atoms with E-state index in [-0.39, 0.29) is 0 Å². The highest BCUT2D eigenvalue weighted by Gasteiger charge is 2.46. The highest BCUT2D eigenvalue weighted by atomic mass is 35.5. The van der Waals surface area contributed by atoms with Crippen molar-refractivity contribution in [3.8, 4) is 0 Å². The number of nitro benzene ring substituents is 6. The quantitative estimate of drug-likeness (QED) is 0.190. The molecule has 0 saturated carbocycles. The summed E-state index contributed by atoms with van der Waals surface area (Å²) in [6.45, 7) is 0. The van der Waals surface area contributed by atoms with Crippen molar-refractivity contribution in [2.45, 2.75) is 0 Å². The Hall–Kier alpha value is -4.40. The second-order valence-electron chi connectivity index (χ2n) is 5.79. The fourth-order valence-electron chi connectivity index (χ4n) is 2.59. The van der Waals surface area contributed by atoms with Crippen LogP contribution in [-0.4, -0.2) is 29.5 Å². The Morgan fingerprint density at radius 3 is 0.806 bits per heavy atom. The first-order valence-corrected chi connectivity index (χ1v) is 9.45. The smallest absolute Gasteiger partial charge is 0.258 e. The lowest BCUT2D eigenvalue weighted by atomic mass is 10.2. The molecule has 36 heavy (non-hydrogen) atoms. The van der Waals surface area contributed by atoms with Gasteiger partial charge in [0.15, 0.2) is 11.4 Å². The van der Waals surface area contributed by atoms with E-state index in [1.807, 2.05) is 0 Å². The molecule has 24 heteroatoms. The maximum Gasteiger partial charge on any atom is 0.426 e. The zero-order valence-electron chi connectivity index (χ0n) is 16.0. The molecule has 0 saturated heterocycles. The first-order valence-electron chi connectivity index (χ1n) is 7.94. The van der Waals surface area contributed by atoms with E-state index in [0.29, 0.717) is 0 Å². The molecule has 0 radical (unpaired) electrons. The van der Waals surface area contributed by atoms with E-state index in [9.17, 15) is 60.7 Å². The van der Waals surface area contributed by atoms with Crippen LogP contribution in [0.1, 0.15) is 0 Å². The average molecular weight is 590 g/mol. The van der Waals surface area contributed by atoms with E-state index < -0.39 is 95.1 Å². The maximum absolute atomic E-state index is 11.5. The van der Waals surface area contributed by atoms with Crippen LogP contribution in [0.15, 0.2) is 10.2 Å². The van der Waals surface area contributed by atoms with Crippen molar-refractivity contribution in [1.82, 2.24) is 0 Å². The molecule has 0 heterocycles. The summed E-state index contributed by atoms with van der Waals surface area (Å²) in [4.78, 5) is 59.0. The van der Waals surface area contributed by atoms with Crippen molar-refractivity contribution in [2.75, 3.05) is 0 Å². The van der Waals surface area contributed by atoms with E-state index in [2.05, 4.69) is 10.2 Å². The Labute approximate surface area is 212 Å². The normalized spacial score (nSPS) is 10.9. The maximum atomic E-state index is 11.5. The third kappa shape index (κ3) is 4.59. The molecule has 0 unspecified atom stereocenters. The van der Waals surface area contributed by atoms with Gasteiger partial charge in [0, 0.05) is 0 Å². The van der Waals surface area contributed by atoms with Crippen LogP contribution in [0, 0.1) is 60.7 Å². The van der Waals surface area contributed by atoms with Gasteiger partial charge in [0.05, 0.1) is 29.5 Å². The average Bonchev–Trinajstić information content (AvgIpc) is 2.74. The summed E-state index contributed by atoms with van der Waals surface area (Å²) < 4.78 is 0. The summed E-state index contributed by atoms with van der Waals surface area (Å²) in [6.07, 6.45) is 0. The molecular formula is C12Cl4N8O12. The molecule has 2 aromatic carbocycles. The van der Waals surface area contributed by atoms with Crippen LogP contribution in [0.25, 0.3) is 0 Å². The third-order valence-electron chi connectivity index (χ3n) is 3.91. The van der Waals surface area contributed by atoms with Gasteiger partial charge in [-0.25, -0.2) is 0 Å². The third-order valence-corrected chi connectivity index (χ3v) is 5.57. The topological polar surface area (TPSA) is 284 Å². The Morgan fingerprint density at radius 1 is 0.389 bits per heavy atom. The number of hydrogen-bond donors (Lipinski definition) is 0. The van der Waals surface area contributed by atoms with Crippen molar-refractivity contribution in [1.29, 1.82) is 0 Å². The first-order chi connectivity index (χ1) is 16.6. The van der Waals surface area contributed by atoms with Gasteiger partial charge in [-0.3, -0.25) is 60.7 Å². The molecule has 0 aromatic heterocycles. The molecule has 20 nitrogen and oxygen atoms in total. The molecule has 0 aliphatic rings. The minimum atomic E-state index is -1.80. The van der Waals surface area contributed by atoms with Gasteiger partial charge in [-0.1, -0.05) is 46.4 Å². The molecule has 0 aliphatic carbocycles. The number of rotatable bonds is 8. The molecule has 0 spiro atoms. The molecule has 0 bridgehead atoms. The number of hydrogen-bond acceptors (Lipinski definition) is 14. The van der Waals surface area contributed by atoms with E-state index in [1.165, 1.54) is 0 Å². The highest BCUT2D eigenvalue weighted by Crippen LogP contribution is 2.55. The highest BCUT2D eigenvalue weighted by molar-refractivity contribution is 6.46. The summed E-state index contributed by atoms with van der Waals surface area (Å²) >= 11 is 22.8. The minimum Gasteiger partial charge on any atom is -0.258 e. The Bertz CT molecular complexity index is 1350. The van der Waals surface area contributed by atoms with Crippen LogP contribution in [0.2, 0.25) is 20.1 Å². The summed E-state index contributed by atoms with van der Waals surface area (Å²) in [5, 5.41) is 69.6. The van der Waals surface area contributed by atoms with E-state index >= 15 is 0 Å². The number of nitrogens with zero attached hydrogens (tertiary/aromatic N) is 8. The first kappa shape index (κ1) is 27.8. The summed E-state index contributed by atoms with van der Waals surface area (Å²) in [6, 6.07) is 0. The van der Waals surface area contributed by atoms with Crippen LogP contribution in [0.3, 0.4) is 0 Å². The number of halogens is 4. The van der Waals surface area contributed by atoms with Crippen molar-refractivity contribution in [3.63, 3.8) is 0 Å². The zero-order valence-corrected chi connectivity index (χ0v) is 19.0. The van der Waals surface area contributed by atoms with Gasteiger partial charge in [0.1, 0.15) is 20.1 Å². The molecule has 0 aliphatic heterocycles. The van der Waals surface area contributed by atoms with E-state index in [4.69, 9.17) is 46.4 Å². The summed E-state index contributed by atoms with van der Waals surface area (Å²) in [5.41, 5.74) is -13.0. The largest absolute Gasteiger partial charge is 0.426 e. The standard InChI is InChI=1S/C12Cl4N8O12/c13-1-3(15)7(19(25)26)11(23(33)34)9(21(29)30)5(1)17-18-6-2(14)4(16)8(20(27)28)12(24(35)36)10(6)22(31)32. The lowest BCUT2D eigenvalue weighted by Crippen LogP contribution is -2.04. The van der Waals surface area contributed by atoms with Crippen LogP contribution in [0.5, 0.6) is 0 Å². The van der Waals surface area contributed by atoms with Crippen molar-refractivity contribution in [3.05, 3.63) is 80.8 Å². The van der Waals surface area contributed by atoms with Gasteiger partial charge < -0.3 is 0 Å². The van der Waals surface area contributed by atoms with Gasteiger partial charge in [0.2, 0.25) is 0 Å². The lowest BCUT2D eigenvalue weighted by molar-refractivity contribution is -0.440. The molecule has 2 aromatic rings. The van der Waals surface area contributed by atoms with Crippen molar-refractivity contribution < 1.29 is 29.5 Å². The Kier molecular flexibility index (Phi) is 7.79. The van der Waals surface area contributed by atoms with Crippen molar-refractivity contribution >= 4 is 91.9 Å².